The molecule has 0 aliphatic heterocycles. The lowest BCUT2D eigenvalue weighted by atomic mass is 10.2. The molecule has 96 valence electrons. The van der Waals surface area contributed by atoms with Crippen LogP contribution in [0.1, 0.15) is 33.6 Å². The Labute approximate surface area is 104 Å². The van der Waals surface area contributed by atoms with Crippen molar-refractivity contribution in [3.8, 4) is 0 Å². The second kappa shape index (κ2) is 9.97. The first-order valence-corrected chi connectivity index (χ1v) is 7.22. The molecule has 0 heterocycles. The monoisotopic (exact) mass is 247 g/mol. The van der Waals surface area contributed by atoms with Crippen LogP contribution in [0.3, 0.4) is 0 Å². The van der Waals surface area contributed by atoms with Gasteiger partial charge in [-0.15, -0.1) is 0 Å². The van der Waals surface area contributed by atoms with E-state index < -0.39 is 0 Å². The maximum Gasteiger partial charge on any atom is 0.323 e. The largest absolute Gasteiger partial charge is 0.465 e. The van der Waals surface area contributed by atoms with Crippen LogP contribution in [-0.4, -0.2) is 37.2 Å². The molecule has 0 radical (unpaired) electrons. The predicted molar refractivity (Wildman–Crippen MR) is 70.9 cm³/mol. The average molecular weight is 247 g/mol. The molecular formula is C12H25NO2S. The fraction of sp³-hybridized carbons (Fsp3) is 0.917. The molecule has 0 aromatic rings. The molecule has 0 aliphatic rings. The van der Waals surface area contributed by atoms with E-state index in [-0.39, 0.29) is 12.0 Å². The van der Waals surface area contributed by atoms with Crippen LogP contribution in [0, 0.1) is 5.92 Å². The zero-order valence-corrected chi connectivity index (χ0v) is 11.7. The average Bonchev–Trinajstić information content (AvgIpc) is 2.29. The number of rotatable bonds is 9. The molecule has 3 nitrogen and oxygen atoms in total. The van der Waals surface area contributed by atoms with Crippen molar-refractivity contribution >= 4 is 17.7 Å². The summed E-state index contributed by atoms with van der Waals surface area (Å²) in [7, 11) is 1.81. The van der Waals surface area contributed by atoms with Gasteiger partial charge in [-0.3, -0.25) is 4.79 Å². The van der Waals surface area contributed by atoms with Crippen molar-refractivity contribution in [2.75, 3.05) is 25.2 Å². The molecular weight excluding hydrogens is 222 g/mol. The summed E-state index contributed by atoms with van der Waals surface area (Å²) in [6.07, 6.45) is 2.07. The molecule has 4 heteroatoms. The molecule has 1 N–H and O–H groups in total. The van der Waals surface area contributed by atoms with Gasteiger partial charge in [-0.2, -0.15) is 11.8 Å². The van der Waals surface area contributed by atoms with E-state index in [1.807, 2.05) is 18.7 Å². The number of carbonyl (C=O) groups excluding carboxylic acids is 1. The summed E-state index contributed by atoms with van der Waals surface area (Å²) in [6.45, 7) is 6.76. The van der Waals surface area contributed by atoms with Gasteiger partial charge in [-0.25, -0.2) is 0 Å². The molecule has 0 aromatic heterocycles. The minimum Gasteiger partial charge on any atom is -0.465 e. The van der Waals surface area contributed by atoms with Gasteiger partial charge in [0.15, 0.2) is 0 Å². The van der Waals surface area contributed by atoms with Crippen molar-refractivity contribution in [2.24, 2.45) is 5.92 Å². The van der Waals surface area contributed by atoms with Gasteiger partial charge in [0.1, 0.15) is 6.04 Å². The van der Waals surface area contributed by atoms with Crippen LogP contribution in [-0.2, 0) is 9.53 Å². The highest BCUT2D eigenvalue weighted by molar-refractivity contribution is 7.99. The van der Waals surface area contributed by atoms with Crippen molar-refractivity contribution in [2.45, 2.75) is 39.7 Å². The number of ether oxygens (including phenoxy) is 1. The van der Waals surface area contributed by atoms with Crippen LogP contribution >= 0.6 is 11.8 Å². The van der Waals surface area contributed by atoms with Gasteiger partial charge in [-0.05, 0) is 37.8 Å². The molecule has 2 atom stereocenters. The maximum atomic E-state index is 11.5. The summed E-state index contributed by atoms with van der Waals surface area (Å²) in [4.78, 5) is 11.5. The highest BCUT2D eigenvalue weighted by Gasteiger charge is 2.16. The fourth-order valence-electron chi connectivity index (χ4n) is 1.23. The zero-order chi connectivity index (χ0) is 12.4. The lowest BCUT2D eigenvalue weighted by Gasteiger charge is -2.14. The summed E-state index contributed by atoms with van der Waals surface area (Å²) < 4.78 is 4.98. The maximum absolute atomic E-state index is 11.5. The normalized spacial score (nSPS) is 14.5. The van der Waals surface area contributed by atoms with Gasteiger partial charge in [0.25, 0.3) is 0 Å². The van der Waals surface area contributed by atoms with Crippen LogP contribution < -0.4 is 5.32 Å². The minimum absolute atomic E-state index is 0.130. The highest BCUT2D eigenvalue weighted by Crippen LogP contribution is 2.13. The molecule has 16 heavy (non-hydrogen) atoms. The van der Waals surface area contributed by atoms with Gasteiger partial charge in [0, 0.05) is 0 Å². The molecule has 0 saturated heterocycles. The first-order chi connectivity index (χ1) is 7.65. The number of hydrogen-bond donors (Lipinski definition) is 1. The zero-order valence-electron chi connectivity index (χ0n) is 10.9. The van der Waals surface area contributed by atoms with E-state index >= 15 is 0 Å². The van der Waals surface area contributed by atoms with Gasteiger partial charge < -0.3 is 10.1 Å². The molecule has 0 saturated carbocycles. The van der Waals surface area contributed by atoms with Crippen molar-refractivity contribution < 1.29 is 9.53 Å². The van der Waals surface area contributed by atoms with Crippen LogP contribution in [0.25, 0.3) is 0 Å². The van der Waals surface area contributed by atoms with Crippen molar-refractivity contribution in [3.05, 3.63) is 0 Å². The molecule has 0 fully saturated rings. The number of hydrogen-bond acceptors (Lipinski definition) is 4. The van der Waals surface area contributed by atoms with Crippen LogP contribution in [0.5, 0.6) is 0 Å². The van der Waals surface area contributed by atoms with E-state index in [1.54, 1.807) is 7.05 Å². The number of thioether (sulfide) groups is 1. The van der Waals surface area contributed by atoms with Gasteiger partial charge >= 0.3 is 5.97 Å². The summed E-state index contributed by atoms with van der Waals surface area (Å²) in [5.41, 5.74) is 0. The van der Waals surface area contributed by atoms with E-state index in [0.717, 1.165) is 18.1 Å². The summed E-state index contributed by atoms with van der Waals surface area (Å²) in [5.74, 6) is 2.82. The molecule has 0 rings (SSSR count). The van der Waals surface area contributed by atoms with Crippen molar-refractivity contribution in [3.63, 3.8) is 0 Å². The Morgan fingerprint density at radius 2 is 2.12 bits per heavy atom. The van der Waals surface area contributed by atoms with E-state index in [2.05, 4.69) is 19.2 Å². The number of likely N-dealkylation sites (N-methyl/N-ethyl adjacent to an activating group) is 1. The van der Waals surface area contributed by atoms with Crippen LogP contribution in [0.2, 0.25) is 0 Å². The third-order valence-corrected chi connectivity index (χ3v) is 3.90. The Morgan fingerprint density at radius 1 is 1.44 bits per heavy atom. The Balaban J connectivity index is 3.66. The van der Waals surface area contributed by atoms with E-state index in [0.29, 0.717) is 6.61 Å². The van der Waals surface area contributed by atoms with E-state index in [4.69, 9.17) is 4.74 Å². The highest BCUT2D eigenvalue weighted by atomic mass is 32.2. The molecule has 0 bridgehead atoms. The second-order valence-electron chi connectivity index (χ2n) is 3.97. The van der Waals surface area contributed by atoms with E-state index in [1.165, 1.54) is 12.2 Å². The quantitative estimate of drug-likeness (QED) is 0.501. The second-order valence-corrected chi connectivity index (χ2v) is 5.12. The molecule has 0 amide bonds. The van der Waals surface area contributed by atoms with Gasteiger partial charge in [0.2, 0.25) is 0 Å². The van der Waals surface area contributed by atoms with Crippen LogP contribution in [0.4, 0.5) is 0 Å². The third kappa shape index (κ3) is 7.12. The first kappa shape index (κ1) is 15.8. The number of esters is 1. The standard InChI is InChI=1S/C12H25NO2S/c1-5-10(3)9-16-8-7-11(13-4)12(14)15-6-2/h10-11,13H,5-9H2,1-4H3. The van der Waals surface area contributed by atoms with Gasteiger partial charge in [0.05, 0.1) is 6.61 Å². The molecule has 0 aromatic carbocycles. The Morgan fingerprint density at radius 3 is 2.62 bits per heavy atom. The van der Waals surface area contributed by atoms with Gasteiger partial charge in [-0.1, -0.05) is 20.3 Å². The Bertz CT molecular complexity index is 188. The molecule has 0 aliphatic carbocycles. The van der Waals surface area contributed by atoms with E-state index in [9.17, 15) is 4.79 Å². The minimum atomic E-state index is -0.149. The third-order valence-electron chi connectivity index (χ3n) is 2.57. The predicted octanol–water partition coefficient (Wildman–Crippen LogP) is 2.31. The van der Waals surface area contributed by atoms with Crippen molar-refractivity contribution in [1.29, 1.82) is 0 Å². The smallest absolute Gasteiger partial charge is 0.323 e. The molecule has 0 spiro atoms. The lowest BCUT2D eigenvalue weighted by molar-refractivity contribution is -0.145. The number of carbonyl (C=O) groups is 1. The number of nitrogens with one attached hydrogen (secondary N) is 1. The van der Waals surface area contributed by atoms with Crippen molar-refractivity contribution in [1.82, 2.24) is 5.32 Å². The summed E-state index contributed by atoms with van der Waals surface area (Å²) >= 11 is 1.92. The SMILES string of the molecule is CCOC(=O)C(CCSCC(C)CC)NC. The summed E-state index contributed by atoms with van der Waals surface area (Å²) in [6, 6.07) is -0.149. The molecule has 2 unspecified atom stereocenters. The van der Waals surface area contributed by atoms with Crippen LogP contribution in [0.15, 0.2) is 0 Å². The summed E-state index contributed by atoms with van der Waals surface area (Å²) in [5, 5.41) is 3.00. The fourth-order valence-corrected chi connectivity index (χ4v) is 2.43. The Kier molecular flexibility index (Phi) is 9.83. The Hall–Kier alpha value is -0.220. The first-order valence-electron chi connectivity index (χ1n) is 6.07. The topological polar surface area (TPSA) is 38.3 Å². The lowest BCUT2D eigenvalue weighted by Crippen LogP contribution is -2.36.